The maximum absolute atomic E-state index is 4.37. The molecule has 3 heterocycles. The molecule has 0 saturated heterocycles. The van der Waals surface area contributed by atoms with Crippen molar-refractivity contribution in [1.29, 1.82) is 0 Å². The second kappa shape index (κ2) is 3.45. The van der Waals surface area contributed by atoms with Crippen LogP contribution in [0.25, 0.3) is 22.3 Å². The fourth-order valence-electron chi connectivity index (χ4n) is 1.86. The Labute approximate surface area is 100 Å². The van der Waals surface area contributed by atoms with E-state index in [0.29, 0.717) is 0 Å². The topological polar surface area (TPSA) is 46.5 Å². The first-order valence-corrected chi connectivity index (χ1v) is 5.66. The first-order chi connectivity index (χ1) is 7.77. The van der Waals surface area contributed by atoms with Gasteiger partial charge in [0.15, 0.2) is 0 Å². The van der Waals surface area contributed by atoms with Crippen molar-refractivity contribution in [3.05, 3.63) is 35.2 Å². The summed E-state index contributed by atoms with van der Waals surface area (Å²) < 4.78 is 3.12. The number of nitrogens with zero attached hydrogens (tertiary/aromatic N) is 3. The van der Waals surface area contributed by atoms with Crippen LogP contribution in [0.4, 0.5) is 0 Å². The third-order valence-corrected chi connectivity index (χ3v) is 3.36. The predicted molar refractivity (Wildman–Crippen MR) is 66.0 cm³/mol. The zero-order valence-electron chi connectivity index (χ0n) is 8.61. The highest BCUT2D eigenvalue weighted by molar-refractivity contribution is 9.10. The third kappa shape index (κ3) is 1.28. The van der Waals surface area contributed by atoms with E-state index >= 15 is 0 Å². The zero-order valence-corrected chi connectivity index (χ0v) is 10.2. The number of aromatic amines is 1. The van der Waals surface area contributed by atoms with Gasteiger partial charge in [-0.3, -0.25) is 5.10 Å². The van der Waals surface area contributed by atoms with Crippen molar-refractivity contribution in [3.63, 3.8) is 0 Å². The minimum absolute atomic E-state index is 0.963. The lowest BCUT2D eigenvalue weighted by Crippen LogP contribution is -1.91. The van der Waals surface area contributed by atoms with Crippen molar-refractivity contribution in [3.8, 4) is 11.3 Å². The molecular weight excluding hydrogens is 268 g/mol. The highest BCUT2D eigenvalue weighted by Gasteiger charge is 2.11. The van der Waals surface area contributed by atoms with Crippen LogP contribution in [-0.4, -0.2) is 19.7 Å². The number of nitrogens with one attached hydrogen (secondary N) is 1. The second-order valence-electron chi connectivity index (χ2n) is 3.61. The Kier molecular flexibility index (Phi) is 2.07. The van der Waals surface area contributed by atoms with Crippen molar-refractivity contribution in [2.45, 2.75) is 0 Å². The summed E-state index contributed by atoms with van der Waals surface area (Å²) in [6.07, 6.45) is 5.48. The van der Waals surface area contributed by atoms with Crippen LogP contribution in [0.3, 0.4) is 0 Å². The first kappa shape index (κ1) is 9.59. The van der Waals surface area contributed by atoms with E-state index in [2.05, 4.69) is 41.7 Å². The number of fused-ring (bicyclic) bond motifs is 1. The molecule has 0 fully saturated rings. The van der Waals surface area contributed by atoms with Crippen LogP contribution < -0.4 is 0 Å². The van der Waals surface area contributed by atoms with Gasteiger partial charge in [0.05, 0.1) is 11.9 Å². The lowest BCUT2D eigenvalue weighted by atomic mass is 10.2. The molecule has 0 saturated carbocycles. The van der Waals surface area contributed by atoms with Gasteiger partial charge in [0.1, 0.15) is 5.65 Å². The average Bonchev–Trinajstić information content (AvgIpc) is 2.88. The quantitative estimate of drug-likeness (QED) is 0.743. The maximum atomic E-state index is 4.37. The Bertz CT molecular complexity index is 639. The van der Waals surface area contributed by atoms with Gasteiger partial charge in [-0.15, -0.1) is 0 Å². The molecule has 3 aromatic heterocycles. The van der Waals surface area contributed by atoms with Crippen molar-refractivity contribution in [2.24, 2.45) is 7.05 Å². The van der Waals surface area contributed by atoms with Gasteiger partial charge in [-0.05, 0) is 28.1 Å². The number of pyridine rings is 1. The number of hydrogen-bond donors (Lipinski definition) is 1. The molecule has 16 heavy (non-hydrogen) atoms. The van der Waals surface area contributed by atoms with E-state index in [1.165, 1.54) is 0 Å². The summed E-state index contributed by atoms with van der Waals surface area (Å²) >= 11 is 3.53. The zero-order chi connectivity index (χ0) is 11.1. The van der Waals surface area contributed by atoms with Crippen molar-refractivity contribution >= 4 is 27.0 Å². The van der Waals surface area contributed by atoms with Gasteiger partial charge >= 0.3 is 0 Å². The van der Waals surface area contributed by atoms with Crippen LogP contribution in [0.1, 0.15) is 0 Å². The summed E-state index contributed by atoms with van der Waals surface area (Å²) in [5, 5.41) is 7.89. The molecule has 4 nitrogen and oxygen atoms in total. The monoisotopic (exact) mass is 276 g/mol. The lowest BCUT2D eigenvalue weighted by molar-refractivity contribution is 0.957. The highest BCUT2D eigenvalue weighted by Crippen LogP contribution is 2.29. The number of H-pyrrole nitrogens is 1. The fraction of sp³-hybridized carbons (Fsp3) is 0.0909. The van der Waals surface area contributed by atoms with Gasteiger partial charge in [-0.2, -0.15) is 5.10 Å². The molecule has 0 aliphatic carbocycles. The van der Waals surface area contributed by atoms with E-state index in [1.807, 2.05) is 25.5 Å². The molecule has 0 amide bonds. The van der Waals surface area contributed by atoms with Crippen LogP contribution in [0.15, 0.2) is 35.2 Å². The van der Waals surface area contributed by atoms with Crippen molar-refractivity contribution in [1.82, 2.24) is 19.7 Å². The van der Waals surface area contributed by atoms with Gasteiger partial charge < -0.3 is 4.57 Å². The predicted octanol–water partition coefficient (Wildman–Crippen LogP) is 2.73. The molecule has 1 N–H and O–H groups in total. The van der Waals surface area contributed by atoms with Crippen LogP contribution in [-0.2, 0) is 7.05 Å². The normalized spacial score (nSPS) is 11.1. The Hall–Kier alpha value is -1.62. The molecule has 0 aliphatic rings. The second-order valence-corrected chi connectivity index (χ2v) is 4.46. The SMILES string of the molecule is Cn1c(-c2cn[nH]c2)cc2c(Br)ccnc21. The van der Waals surface area contributed by atoms with Crippen molar-refractivity contribution < 1.29 is 0 Å². The van der Waals surface area contributed by atoms with Crippen LogP contribution >= 0.6 is 15.9 Å². The molecule has 0 atom stereocenters. The first-order valence-electron chi connectivity index (χ1n) is 4.86. The van der Waals surface area contributed by atoms with E-state index < -0.39 is 0 Å². The average molecular weight is 277 g/mol. The van der Waals surface area contributed by atoms with Crippen LogP contribution in [0.2, 0.25) is 0 Å². The minimum atomic E-state index is 0.963. The van der Waals surface area contributed by atoms with Gasteiger partial charge in [0.2, 0.25) is 0 Å². The summed E-state index contributed by atoms with van der Waals surface area (Å²) in [6, 6.07) is 4.05. The molecular formula is C11H9BrN4. The molecule has 5 heteroatoms. The van der Waals surface area contributed by atoms with Gasteiger partial charge in [0, 0.05) is 34.9 Å². The molecule has 0 bridgehead atoms. The van der Waals surface area contributed by atoms with E-state index in [4.69, 9.17) is 0 Å². The molecule has 3 rings (SSSR count). The minimum Gasteiger partial charge on any atom is -0.328 e. The van der Waals surface area contributed by atoms with E-state index in [0.717, 1.165) is 26.8 Å². The summed E-state index contributed by atoms with van der Waals surface area (Å²) in [7, 11) is 2.00. The molecule has 80 valence electrons. The van der Waals surface area contributed by atoms with Gasteiger partial charge in [-0.25, -0.2) is 4.98 Å². The Balaban J connectivity index is 2.36. The number of aryl methyl sites for hydroxylation is 1. The van der Waals surface area contributed by atoms with Gasteiger partial charge in [-0.1, -0.05) is 0 Å². The number of aromatic nitrogens is 4. The van der Waals surface area contributed by atoms with E-state index in [9.17, 15) is 0 Å². The highest BCUT2D eigenvalue weighted by atomic mass is 79.9. The Morgan fingerprint density at radius 1 is 1.44 bits per heavy atom. The largest absolute Gasteiger partial charge is 0.328 e. The van der Waals surface area contributed by atoms with Crippen molar-refractivity contribution in [2.75, 3.05) is 0 Å². The Morgan fingerprint density at radius 3 is 3.00 bits per heavy atom. The third-order valence-electron chi connectivity index (χ3n) is 2.67. The van der Waals surface area contributed by atoms with E-state index in [1.54, 1.807) is 6.20 Å². The molecule has 0 aromatic carbocycles. The van der Waals surface area contributed by atoms with Crippen LogP contribution in [0.5, 0.6) is 0 Å². The fourth-order valence-corrected chi connectivity index (χ4v) is 2.27. The number of hydrogen-bond acceptors (Lipinski definition) is 2. The van der Waals surface area contributed by atoms with Crippen LogP contribution in [0, 0.1) is 0 Å². The van der Waals surface area contributed by atoms with Gasteiger partial charge in [0.25, 0.3) is 0 Å². The summed E-state index contributed by atoms with van der Waals surface area (Å²) in [4.78, 5) is 4.37. The maximum Gasteiger partial charge on any atom is 0.141 e. The summed E-state index contributed by atoms with van der Waals surface area (Å²) in [5.41, 5.74) is 3.13. The summed E-state index contributed by atoms with van der Waals surface area (Å²) in [5.74, 6) is 0. The standard InChI is InChI=1S/C11H9BrN4/c1-16-10(7-5-14-15-6-7)4-8-9(12)2-3-13-11(8)16/h2-6H,1H3,(H,14,15). The molecule has 0 aliphatic heterocycles. The summed E-state index contributed by atoms with van der Waals surface area (Å²) in [6.45, 7) is 0. The number of halogens is 1. The Morgan fingerprint density at radius 2 is 2.31 bits per heavy atom. The number of rotatable bonds is 1. The van der Waals surface area contributed by atoms with E-state index in [-0.39, 0.29) is 0 Å². The smallest absolute Gasteiger partial charge is 0.141 e. The molecule has 0 radical (unpaired) electrons. The lowest BCUT2D eigenvalue weighted by Gasteiger charge is -1.99. The molecule has 3 aromatic rings. The molecule has 0 spiro atoms. The molecule has 0 unspecified atom stereocenters.